The predicted octanol–water partition coefficient (Wildman–Crippen LogP) is 1.98. The number of nitrogens with one attached hydrogen (secondary N) is 4. The van der Waals surface area contributed by atoms with Crippen LogP contribution in [0.2, 0.25) is 0 Å². The number of hydrogen-bond donors (Lipinski definition) is 4. The van der Waals surface area contributed by atoms with Crippen molar-refractivity contribution in [3.63, 3.8) is 0 Å². The van der Waals surface area contributed by atoms with Crippen molar-refractivity contribution in [2.24, 2.45) is 0 Å². The summed E-state index contributed by atoms with van der Waals surface area (Å²) in [6.45, 7) is 0.434. The highest BCUT2D eigenvalue weighted by molar-refractivity contribution is 8.04. The van der Waals surface area contributed by atoms with Crippen LogP contribution in [0.3, 0.4) is 0 Å². The lowest BCUT2D eigenvalue weighted by Crippen LogP contribution is -2.33. The molecule has 0 saturated carbocycles. The molecule has 10 heteroatoms. The Balaban J connectivity index is 1.68. The van der Waals surface area contributed by atoms with E-state index in [4.69, 9.17) is 0 Å². The Labute approximate surface area is 170 Å². The first kappa shape index (κ1) is 20.3. The van der Waals surface area contributed by atoms with Gasteiger partial charge in [-0.3, -0.25) is 19.5 Å². The number of ketones is 2. The molecular formula is C19H19N5O4S. The van der Waals surface area contributed by atoms with Crippen LogP contribution in [0.5, 0.6) is 0 Å². The van der Waals surface area contributed by atoms with Gasteiger partial charge in [0.15, 0.2) is 0 Å². The zero-order valence-electron chi connectivity index (χ0n) is 15.6. The van der Waals surface area contributed by atoms with Crippen molar-refractivity contribution in [3.05, 3.63) is 58.3 Å². The van der Waals surface area contributed by atoms with E-state index in [9.17, 15) is 19.2 Å². The molecule has 1 aliphatic carbocycles. The Bertz CT molecular complexity index is 984. The normalized spacial score (nSPS) is 12.8. The Kier molecular flexibility index (Phi) is 6.45. The number of urea groups is 1. The highest BCUT2D eigenvalue weighted by Gasteiger charge is 2.33. The van der Waals surface area contributed by atoms with Crippen molar-refractivity contribution >= 4 is 41.0 Å². The number of Topliss-reactive ketones (excluding diaryl/α,β-unsaturated/α-hetero) is 1. The van der Waals surface area contributed by atoms with Gasteiger partial charge in [0.1, 0.15) is 11.4 Å². The lowest BCUT2D eigenvalue weighted by molar-refractivity contribution is 0.0979. The maximum Gasteiger partial charge on any atom is 0.314 e. The van der Waals surface area contributed by atoms with E-state index in [0.717, 1.165) is 0 Å². The van der Waals surface area contributed by atoms with Crippen LogP contribution in [0.15, 0.2) is 41.3 Å². The number of para-hydroxylation sites is 1. The summed E-state index contributed by atoms with van der Waals surface area (Å²) in [7, 11) is 1.52. The molecule has 0 fully saturated rings. The molecule has 3 rings (SSSR count). The molecule has 0 atom stereocenters. The number of hydrogen-bond acceptors (Lipinski definition) is 6. The van der Waals surface area contributed by atoms with Gasteiger partial charge < -0.3 is 16.0 Å². The summed E-state index contributed by atoms with van der Waals surface area (Å²) >= 11 is 1.21. The van der Waals surface area contributed by atoms with Gasteiger partial charge in [0.25, 0.3) is 5.91 Å². The summed E-state index contributed by atoms with van der Waals surface area (Å²) < 4.78 is 0. The first-order valence-electron chi connectivity index (χ1n) is 8.85. The highest BCUT2D eigenvalue weighted by Crippen LogP contribution is 2.30. The fourth-order valence-electron chi connectivity index (χ4n) is 2.65. The van der Waals surface area contributed by atoms with Crippen LogP contribution in [0.4, 0.5) is 10.5 Å². The standard InChI is InChI=1S/C19H19N5O4S/c1-20-19(28)21-8-5-9-29-13-10-12(25)15-14(17(13)26)16(24-23-15)18(27)22-11-6-3-2-4-7-11/h2-4,6-7,10H,5,8-9H2,1H3,(H,22,27)(H,23,24)(H2,20,21,28). The summed E-state index contributed by atoms with van der Waals surface area (Å²) in [6, 6.07) is 8.49. The van der Waals surface area contributed by atoms with Crippen molar-refractivity contribution < 1.29 is 19.2 Å². The van der Waals surface area contributed by atoms with Crippen LogP contribution < -0.4 is 16.0 Å². The molecule has 0 spiro atoms. The SMILES string of the molecule is CNC(=O)NCCCSC1=CC(=O)c2n[nH]c(C(=O)Nc3ccccc3)c2C1=O. The number of aromatic nitrogens is 2. The fourth-order valence-corrected chi connectivity index (χ4v) is 3.58. The van der Waals surface area contributed by atoms with Crippen LogP contribution >= 0.6 is 11.8 Å². The smallest absolute Gasteiger partial charge is 0.314 e. The number of aromatic amines is 1. The van der Waals surface area contributed by atoms with Gasteiger partial charge in [-0.15, -0.1) is 11.8 Å². The van der Waals surface area contributed by atoms with E-state index in [1.165, 1.54) is 24.9 Å². The third-order valence-corrected chi connectivity index (χ3v) is 5.17. The zero-order valence-corrected chi connectivity index (χ0v) is 16.4. The number of fused-ring (bicyclic) bond motifs is 1. The molecule has 1 aliphatic rings. The minimum Gasteiger partial charge on any atom is -0.341 e. The number of thioether (sulfide) groups is 1. The molecule has 150 valence electrons. The Morgan fingerprint density at radius 3 is 2.66 bits per heavy atom. The average molecular weight is 413 g/mol. The van der Waals surface area contributed by atoms with Gasteiger partial charge in [-0.1, -0.05) is 18.2 Å². The Morgan fingerprint density at radius 2 is 1.93 bits per heavy atom. The second-order valence-electron chi connectivity index (χ2n) is 6.05. The number of carbonyl (C=O) groups is 4. The predicted molar refractivity (Wildman–Crippen MR) is 109 cm³/mol. The van der Waals surface area contributed by atoms with Gasteiger partial charge in [-0.05, 0) is 24.3 Å². The van der Waals surface area contributed by atoms with Gasteiger partial charge in [0.2, 0.25) is 11.6 Å². The summed E-state index contributed by atoms with van der Waals surface area (Å²) in [6.07, 6.45) is 1.84. The minimum atomic E-state index is -0.549. The number of allylic oxidation sites excluding steroid dienone is 2. The van der Waals surface area contributed by atoms with E-state index in [0.29, 0.717) is 24.4 Å². The zero-order chi connectivity index (χ0) is 20.8. The van der Waals surface area contributed by atoms with E-state index in [2.05, 4.69) is 26.1 Å². The molecule has 1 heterocycles. The number of rotatable bonds is 7. The van der Waals surface area contributed by atoms with Crippen molar-refractivity contribution in [1.29, 1.82) is 0 Å². The number of carbonyl (C=O) groups excluding carboxylic acids is 4. The average Bonchev–Trinajstić information content (AvgIpc) is 3.18. The molecule has 0 bridgehead atoms. The fraction of sp³-hybridized carbons (Fsp3) is 0.211. The Morgan fingerprint density at radius 1 is 1.17 bits per heavy atom. The van der Waals surface area contributed by atoms with Crippen LogP contribution in [0.25, 0.3) is 0 Å². The van der Waals surface area contributed by atoms with Crippen molar-refractivity contribution in [3.8, 4) is 0 Å². The van der Waals surface area contributed by atoms with E-state index in [1.54, 1.807) is 24.3 Å². The monoisotopic (exact) mass is 413 g/mol. The molecule has 0 radical (unpaired) electrons. The summed E-state index contributed by atoms with van der Waals surface area (Å²) in [5.74, 6) is -0.878. The second-order valence-corrected chi connectivity index (χ2v) is 7.19. The van der Waals surface area contributed by atoms with Gasteiger partial charge >= 0.3 is 6.03 Å². The number of H-pyrrole nitrogens is 1. The molecule has 3 amide bonds. The maximum atomic E-state index is 12.9. The number of nitrogens with zero attached hydrogens (tertiary/aromatic N) is 1. The quantitative estimate of drug-likeness (QED) is 0.513. The Hall–Kier alpha value is -3.40. The lowest BCUT2D eigenvalue weighted by atomic mass is 9.99. The minimum absolute atomic E-state index is 0.0167. The number of benzene rings is 1. The van der Waals surface area contributed by atoms with E-state index < -0.39 is 17.5 Å². The van der Waals surface area contributed by atoms with Crippen LogP contribution in [-0.4, -0.2) is 53.0 Å². The van der Waals surface area contributed by atoms with Crippen LogP contribution in [0, 0.1) is 0 Å². The molecule has 4 N–H and O–H groups in total. The highest BCUT2D eigenvalue weighted by atomic mass is 32.2. The lowest BCUT2D eigenvalue weighted by Gasteiger charge is -2.12. The third-order valence-electron chi connectivity index (χ3n) is 4.06. The van der Waals surface area contributed by atoms with Crippen molar-refractivity contribution in [2.45, 2.75) is 6.42 Å². The largest absolute Gasteiger partial charge is 0.341 e. The second kappa shape index (κ2) is 9.20. The van der Waals surface area contributed by atoms with Gasteiger partial charge in [0.05, 0.1) is 10.5 Å². The van der Waals surface area contributed by atoms with Gasteiger partial charge in [-0.2, -0.15) is 5.10 Å². The van der Waals surface area contributed by atoms with Crippen molar-refractivity contribution in [2.75, 3.05) is 24.7 Å². The topological polar surface area (TPSA) is 133 Å². The summed E-state index contributed by atoms with van der Waals surface area (Å²) in [5.41, 5.74) is 0.439. The molecule has 1 aromatic carbocycles. The van der Waals surface area contributed by atoms with Gasteiger partial charge in [-0.25, -0.2) is 4.79 Å². The third kappa shape index (κ3) is 4.72. The molecule has 0 saturated heterocycles. The first-order valence-corrected chi connectivity index (χ1v) is 9.83. The van der Waals surface area contributed by atoms with Crippen molar-refractivity contribution in [1.82, 2.24) is 20.8 Å². The molecule has 29 heavy (non-hydrogen) atoms. The summed E-state index contributed by atoms with van der Waals surface area (Å²) in [5, 5.41) is 14.1. The van der Waals surface area contributed by atoms with E-state index in [1.807, 2.05) is 6.07 Å². The van der Waals surface area contributed by atoms with E-state index >= 15 is 0 Å². The van der Waals surface area contributed by atoms with Gasteiger partial charge in [0, 0.05) is 25.4 Å². The van der Waals surface area contributed by atoms with Crippen LogP contribution in [-0.2, 0) is 0 Å². The summed E-state index contributed by atoms with van der Waals surface area (Å²) in [4.78, 5) is 49.1. The molecule has 0 unspecified atom stereocenters. The molecule has 9 nitrogen and oxygen atoms in total. The first-order chi connectivity index (χ1) is 14.0. The number of amides is 3. The molecule has 1 aromatic heterocycles. The molecule has 2 aromatic rings. The maximum absolute atomic E-state index is 12.9. The van der Waals surface area contributed by atoms with Crippen LogP contribution in [0.1, 0.15) is 37.8 Å². The van der Waals surface area contributed by atoms with E-state index in [-0.39, 0.29) is 27.9 Å². The number of anilines is 1. The molecular weight excluding hydrogens is 394 g/mol. The molecule has 0 aliphatic heterocycles.